The molecule has 0 unspecified atom stereocenters. The second kappa shape index (κ2) is 12.4. The van der Waals surface area contributed by atoms with Crippen molar-refractivity contribution in [1.82, 2.24) is 10.2 Å². The molecule has 1 saturated heterocycles. The van der Waals surface area contributed by atoms with E-state index in [9.17, 15) is 14.7 Å². The molecule has 1 N–H and O–H groups in total. The molecule has 2 aliphatic heterocycles. The molecular formula is C32H28ClN3O5S2. The lowest BCUT2D eigenvalue weighted by molar-refractivity contribution is -0.132. The lowest BCUT2D eigenvalue weighted by Gasteiger charge is -2.23. The first-order chi connectivity index (χ1) is 20.8. The van der Waals surface area contributed by atoms with Crippen molar-refractivity contribution in [3.63, 3.8) is 0 Å². The van der Waals surface area contributed by atoms with Crippen molar-refractivity contribution in [2.45, 2.75) is 48.9 Å². The summed E-state index contributed by atoms with van der Waals surface area (Å²) in [6, 6.07) is 19.1. The van der Waals surface area contributed by atoms with Crippen molar-refractivity contribution >= 4 is 57.3 Å². The Labute approximate surface area is 262 Å². The predicted molar refractivity (Wildman–Crippen MR) is 168 cm³/mol. The normalized spacial score (nSPS) is 19.0. The first kappa shape index (κ1) is 29.2. The number of aromatic nitrogens is 2. The summed E-state index contributed by atoms with van der Waals surface area (Å²) in [5.74, 6) is 0.0650. The molecule has 4 aromatic rings. The molecule has 1 amide bonds. The van der Waals surface area contributed by atoms with Crippen molar-refractivity contribution in [2.24, 2.45) is 0 Å². The van der Waals surface area contributed by atoms with Crippen molar-refractivity contribution in [3.8, 4) is 11.5 Å². The first-order valence-electron chi connectivity index (χ1n) is 13.9. The van der Waals surface area contributed by atoms with Gasteiger partial charge in [0.05, 0.1) is 18.2 Å². The molecule has 2 atom stereocenters. The number of rotatable bonds is 9. The van der Waals surface area contributed by atoms with E-state index in [4.69, 9.17) is 21.1 Å². The highest BCUT2D eigenvalue weighted by atomic mass is 35.5. The van der Waals surface area contributed by atoms with Crippen LogP contribution in [-0.4, -0.2) is 39.7 Å². The van der Waals surface area contributed by atoms with Crippen molar-refractivity contribution in [1.29, 1.82) is 0 Å². The molecule has 3 aromatic carbocycles. The number of amides is 1. The summed E-state index contributed by atoms with van der Waals surface area (Å²) in [6.45, 7) is 4.50. The van der Waals surface area contributed by atoms with Gasteiger partial charge in [-0.25, -0.2) is 0 Å². The number of Topliss-reactive ketones (excluding diaryl/α,β-unsaturated/α-hetero) is 1. The molecule has 0 aliphatic carbocycles. The second-order valence-corrected chi connectivity index (χ2v) is 12.9. The van der Waals surface area contributed by atoms with Gasteiger partial charge in [-0.1, -0.05) is 72.0 Å². The van der Waals surface area contributed by atoms with Gasteiger partial charge in [-0.15, -0.1) is 10.2 Å². The van der Waals surface area contributed by atoms with Gasteiger partial charge in [0.2, 0.25) is 5.13 Å². The lowest BCUT2D eigenvalue weighted by atomic mass is 9.94. The quantitative estimate of drug-likeness (QED) is 0.0678. The molecule has 1 fully saturated rings. The Morgan fingerprint density at radius 2 is 1.98 bits per heavy atom. The van der Waals surface area contributed by atoms with Crippen LogP contribution in [0.2, 0.25) is 5.02 Å². The second-order valence-electron chi connectivity index (χ2n) is 10.3. The lowest BCUT2D eigenvalue weighted by Crippen LogP contribution is -2.29. The summed E-state index contributed by atoms with van der Waals surface area (Å²) < 4.78 is 12.3. The summed E-state index contributed by atoms with van der Waals surface area (Å²) in [5, 5.41) is 21.1. The smallest absolute Gasteiger partial charge is 0.301 e. The van der Waals surface area contributed by atoms with Crippen LogP contribution in [0.5, 0.6) is 11.5 Å². The Kier molecular flexibility index (Phi) is 8.43. The number of nitrogens with zero attached hydrogens (tertiary/aromatic N) is 3. The summed E-state index contributed by atoms with van der Waals surface area (Å²) in [4.78, 5) is 28.6. The van der Waals surface area contributed by atoms with Gasteiger partial charge < -0.3 is 14.6 Å². The molecule has 2 aliphatic rings. The molecule has 8 nitrogen and oxygen atoms in total. The fourth-order valence-corrected chi connectivity index (χ4v) is 7.33. The molecule has 0 radical (unpaired) electrons. The van der Waals surface area contributed by atoms with E-state index in [0.717, 1.165) is 23.3 Å². The van der Waals surface area contributed by atoms with Crippen LogP contribution in [0.4, 0.5) is 5.13 Å². The Morgan fingerprint density at radius 3 is 2.79 bits per heavy atom. The SMILES string of the molecule is CCCOc1cccc([C@H]2C(=C(O)c3ccc4c(c3)C[C@H](C)O4)C(=O)C(=O)N2c2nnc(SCc3ccccc3Cl)s2)c1. The number of benzene rings is 3. The first-order valence-corrected chi connectivity index (χ1v) is 16.1. The van der Waals surface area contributed by atoms with Crippen LogP contribution in [0.15, 0.2) is 76.6 Å². The number of aliphatic hydroxyl groups is 1. The van der Waals surface area contributed by atoms with Crippen molar-refractivity contribution in [2.75, 3.05) is 11.5 Å². The maximum Gasteiger partial charge on any atom is 0.301 e. The fourth-order valence-electron chi connectivity index (χ4n) is 5.18. The average Bonchev–Trinajstić information content (AvgIpc) is 3.70. The number of hydrogen-bond acceptors (Lipinski definition) is 9. The maximum atomic E-state index is 13.7. The minimum absolute atomic E-state index is 0.0196. The van der Waals surface area contributed by atoms with E-state index in [1.807, 2.05) is 56.3 Å². The third-order valence-electron chi connectivity index (χ3n) is 7.17. The predicted octanol–water partition coefficient (Wildman–Crippen LogP) is 7.22. The number of fused-ring (bicyclic) bond motifs is 1. The van der Waals surface area contributed by atoms with Gasteiger partial charge in [0, 0.05) is 22.8 Å². The van der Waals surface area contributed by atoms with Gasteiger partial charge in [-0.3, -0.25) is 14.5 Å². The maximum absolute atomic E-state index is 13.7. The van der Waals surface area contributed by atoms with Gasteiger partial charge in [-0.2, -0.15) is 0 Å². The monoisotopic (exact) mass is 633 g/mol. The third-order valence-corrected chi connectivity index (χ3v) is 9.64. The zero-order valence-electron chi connectivity index (χ0n) is 23.5. The number of aliphatic hydroxyl groups excluding tert-OH is 1. The molecule has 1 aromatic heterocycles. The minimum atomic E-state index is -0.942. The number of hydrogen-bond donors (Lipinski definition) is 1. The van der Waals surface area contributed by atoms with Crippen LogP contribution in [0.1, 0.15) is 48.6 Å². The average molecular weight is 634 g/mol. The van der Waals surface area contributed by atoms with Crippen LogP contribution in [0, 0.1) is 0 Å². The van der Waals surface area contributed by atoms with E-state index >= 15 is 0 Å². The van der Waals surface area contributed by atoms with Crippen LogP contribution < -0.4 is 14.4 Å². The molecule has 43 heavy (non-hydrogen) atoms. The summed E-state index contributed by atoms with van der Waals surface area (Å²) >= 11 is 8.96. The molecule has 3 heterocycles. The van der Waals surface area contributed by atoms with E-state index in [1.54, 1.807) is 24.3 Å². The number of ketones is 1. The summed E-state index contributed by atoms with van der Waals surface area (Å²) in [6.07, 6.45) is 1.53. The highest BCUT2D eigenvalue weighted by molar-refractivity contribution is 8.00. The number of carbonyl (C=O) groups excluding carboxylic acids is 2. The van der Waals surface area contributed by atoms with Crippen LogP contribution >= 0.6 is 34.7 Å². The molecule has 6 rings (SSSR count). The number of thioether (sulfide) groups is 1. The van der Waals surface area contributed by atoms with Crippen molar-refractivity contribution in [3.05, 3.63) is 99.6 Å². The highest BCUT2D eigenvalue weighted by Gasteiger charge is 2.48. The van der Waals surface area contributed by atoms with E-state index in [-0.39, 0.29) is 22.6 Å². The van der Waals surface area contributed by atoms with Gasteiger partial charge in [0.1, 0.15) is 23.4 Å². The number of ether oxygens (including phenoxy) is 2. The van der Waals surface area contributed by atoms with Crippen molar-refractivity contribution < 1.29 is 24.2 Å². The van der Waals surface area contributed by atoms with E-state index in [0.29, 0.717) is 45.0 Å². The molecule has 11 heteroatoms. The zero-order valence-corrected chi connectivity index (χ0v) is 25.8. The fraction of sp³-hybridized carbons (Fsp3) is 0.250. The van der Waals surface area contributed by atoms with Gasteiger partial charge in [-0.05, 0) is 66.4 Å². The molecule has 0 spiro atoms. The summed E-state index contributed by atoms with van der Waals surface area (Å²) in [5.41, 5.74) is 2.90. The van der Waals surface area contributed by atoms with E-state index in [1.165, 1.54) is 28.0 Å². The molecule has 0 saturated carbocycles. The van der Waals surface area contributed by atoms with Crippen LogP contribution in [-0.2, 0) is 21.8 Å². The number of carbonyl (C=O) groups is 2. The Balaban J connectivity index is 1.40. The van der Waals surface area contributed by atoms with Gasteiger partial charge in [0.25, 0.3) is 5.78 Å². The van der Waals surface area contributed by atoms with E-state index < -0.39 is 17.7 Å². The molecule has 220 valence electrons. The topological polar surface area (TPSA) is 102 Å². The Morgan fingerprint density at radius 1 is 1.14 bits per heavy atom. The number of anilines is 1. The van der Waals surface area contributed by atoms with Gasteiger partial charge >= 0.3 is 5.91 Å². The minimum Gasteiger partial charge on any atom is -0.507 e. The number of halogens is 1. The third kappa shape index (κ3) is 5.87. The van der Waals surface area contributed by atoms with Gasteiger partial charge in [0.15, 0.2) is 4.34 Å². The standard InChI is InChI=1S/C32H28ClN3O5S2/c1-3-13-40-23-9-6-8-19(16-23)27-26(28(37)20-11-12-25-22(15-20)14-18(2)41-25)29(38)30(39)36(27)31-34-35-32(43-31)42-17-21-7-4-5-10-24(21)33/h4-12,15-16,18,27,37H,3,13-14,17H2,1-2H3/t18-,27-/m0/s1. The Bertz CT molecular complexity index is 1740. The summed E-state index contributed by atoms with van der Waals surface area (Å²) in [7, 11) is 0. The van der Waals surface area contributed by atoms with E-state index in [2.05, 4.69) is 10.2 Å². The molecular weight excluding hydrogens is 606 g/mol. The van der Waals surface area contributed by atoms with Crippen LogP contribution in [0.3, 0.4) is 0 Å². The highest BCUT2D eigenvalue weighted by Crippen LogP contribution is 2.45. The Hall–Kier alpha value is -3.86. The zero-order chi connectivity index (χ0) is 30.1. The largest absolute Gasteiger partial charge is 0.507 e. The van der Waals surface area contributed by atoms with Crippen LogP contribution in [0.25, 0.3) is 5.76 Å². The molecule has 0 bridgehead atoms.